The first-order valence-corrected chi connectivity index (χ1v) is 12.2. The van der Waals surface area contributed by atoms with E-state index < -0.39 is 0 Å². The van der Waals surface area contributed by atoms with Crippen molar-refractivity contribution in [3.8, 4) is 11.3 Å². The molecule has 0 saturated carbocycles. The van der Waals surface area contributed by atoms with E-state index in [1.54, 1.807) is 23.9 Å². The fraction of sp³-hybridized carbons (Fsp3) is 0.115. The van der Waals surface area contributed by atoms with Gasteiger partial charge in [0.15, 0.2) is 5.82 Å². The molecule has 1 atom stereocenters. The van der Waals surface area contributed by atoms with E-state index in [9.17, 15) is 0 Å². The summed E-state index contributed by atoms with van der Waals surface area (Å²) in [6.45, 7) is 0.701. The highest BCUT2D eigenvalue weighted by Gasteiger charge is 2.22. The number of rotatable bonds is 8. The first-order chi connectivity index (χ1) is 17.3. The van der Waals surface area contributed by atoms with Gasteiger partial charge in [-0.05, 0) is 57.8 Å². The monoisotopic (exact) mass is 478 g/mol. The van der Waals surface area contributed by atoms with Gasteiger partial charge in [-0.3, -0.25) is 4.98 Å². The van der Waals surface area contributed by atoms with Crippen LogP contribution in [0.3, 0.4) is 0 Å². The second kappa shape index (κ2) is 9.47. The molecule has 2 aromatic carbocycles. The van der Waals surface area contributed by atoms with Gasteiger partial charge in [0.2, 0.25) is 0 Å². The summed E-state index contributed by atoms with van der Waals surface area (Å²) in [4.78, 5) is 13.3. The number of H-pyrrole nitrogens is 1. The Kier molecular flexibility index (Phi) is 5.73. The van der Waals surface area contributed by atoms with E-state index in [0.717, 1.165) is 45.8 Å². The number of hydrogen-bond donors (Lipinski definition) is 2. The Balaban J connectivity index is 1.34. The molecular weight excluding hydrogens is 456 g/mol. The number of thiophene rings is 1. The molecule has 4 aromatic heterocycles. The number of hydrogen-bond acceptors (Lipinski definition) is 7. The van der Waals surface area contributed by atoms with Crippen molar-refractivity contribution in [3.63, 3.8) is 0 Å². The predicted octanol–water partition coefficient (Wildman–Crippen LogP) is 5.12. The van der Waals surface area contributed by atoms with Gasteiger partial charge in [0.1, 0.15) is 6.04 Å². The topological polar surface area (TPSA) is 97.2 Å². The quantitative estimate of drug-likeness (QED) is 0.315. The summed E-state index contributed by atoms with van der Waals surface area (Å²) >= 11 is 1.75. The summed E-state index contributed by atoms with van der Waals surface area (Å²) in [7, 11) is 0. The Morgan fingerprint density at radius 3 is 2.74 bits per heavy atom. The minimum Gasteiger partial charge on any atom is -0.371 e. The summed E-state index contributed by atoms with van der Waals surface area (Å²) in [6, 6.07) is 24.3. The van der Waals surface area contributed by atoms with Crippen LogP contribution in [-0.2, 0) is 13.0 Å². The molecule has 2 N–H and O–H groups in total. The van der Waals surface area contributed by atoms with Crippen LogP contribution in [0.1, 0.15) is 22.3 Å². The summed E-state index contributed by atoms with van der Waals surface area (Å²) in [6.07, 6.45) is 4.38. The van der Waals surface area contributed by atoms with Gasteiger partial charge in [-0.1, -0.05) is 36.4 Å². The molecule has 0 radical (unpaired) electrons. The van der Waals surface area contributed by atoms with Crippen LogP contribution in [-0.4, -0.2) is 35.2 Å². The molecule has 172 valence electrons. The molecule has 0 aliphatic carbocycles. The number of benzene rings is 2. The maximum Gasteiger partial charge on any atom is 0.178 e. The Bertz CT molecular complexity index is 1520. The Morgan fingerprint density at radius 1 is 0.971 bits per heavy atom. The van der Waals surface area contributed by atoms with Gasteiger partial charge in [0, 0.05) is 35.3 Å². The number of nitrogens with one attached hydrogen (secondary N) is 2. The smallest absolute Gasteiger partial charge is 0.178 e. The van der Waals surface area contributed by atoms with Crippen molar-refractivity contribution in [3.05, 3.63) is 107 Å². The van der Waals surface area contributed by atoms with Gasteiger partial charge in [-0.25, -0.2) is 9.67 Å². The molecule has 0 aliphatic rings. The van der Waals surface area contributed by atoms with Crippen LogP contribution in [0.5, 0.6) is 0 Å². The van der Waals surface area contributed by atoms with Crippen molar-refractivity contribution in [2.24, 2.45) is 0 Å². The molecule has 0 bridgehead atoms. The van der Waals surface area contributed by atoms with Crippen LogP contribution in [0, 0.1) is 0 Å². The third-order valence-electron chi connectivity index (χ3n) is 5.90. The second-order valence-corrected chi connectivity index (χ2v) is 9.17. The molecule has 0 saturated heterocycles. The SMILES string of the molecule is c1ccc(-c2ccc(C(Nc3ccc4nc[nH]c4c3)c3nnnn3CCc3cccs3)cc2)nc1. The van der Waals surface area contributed by atoms with Crippen LogP contribution in [0.15, 0.2) is 90.7 Å². The van der Waals surface area contributed by atoms with Gasteiger partial charge in [0.25, 0.3) is 0 Å². The standard InChI is InChI=1S/C26H22N8S/c1-2-13-27-22(5-1)18-6-8-19(9-7-18)25(30-20-10-11-23-24(16-20)29-17-28-23)26-31-32-33-34(26)14-12-21-4-3-15-35-21/h1-11,13,15-17,25,30H,12,14H2,(H,28,29). The third kappa shape index (κ3) is 4.53. The van der Waals surface area contributed by atoms with Crippen molar-refractivity contribution in [2.75, 3.05) is 5.32 Å². The van der Waals surface area contributed by atoms with E-state index in [2.05, 4.69) is 83.6 Å². The molecule has 1 unspecified atom stereocenters. The van der Waals surface area contributed by atoms with Crippen LogP contribution in [0.4, 0.5) is 5.69 Å². The van der Waals surface area contributed by atoms with Gasteiger partial charge in [-0.2, -0.15) is 0 Å². The van der Waals surface area contributed by atoms with E-state index in [0.29, 0.717) is 6.54 Å². The number of nitrogens with zero attached hydrogens (tertiary/aromatic N) is 6. The first-order valence-electron chi connectivity index (χ1n) is 11.3. The highest BCUT2D eigenvalue weighted by Crippen LogP contribution is 2.28. The highest BCUT2D eigenvalue weighted by atomic mass is 32.1. The predicted molar refractivity (Wildman–Crippen MR) is 137 cm³/mol. The maximum atomic E-state index is 4.47. The van der Waals surface area contributed by atoms with Gasteiger partial charge >= 0.3 is 0 Å². The highest BCUT2D eigenvalue weighted by molar-refractivity contribution is 7.09. The molecule has 8 nitrogen and oxygen atoms in total. The van der Waals surface area contributed by atoms with E-state index >= 15 is 0 Å². The Labute approximate surface area is 205 Å². The zero-order valence-electron chi connectivity index (χ0n) is 18.7. The molecule has 6 rings (SSSR count). The number of imidazole rings is 1. The van der Waals surface area contributed by atoms with Crippen molar-refractivity contribution in [1.29, 1.82) is 0 Å². The number of aryl methyl sites for hydroxylation is 2. The number of fused-ring (bicyclic) bond motifs is 1. The molecular formula is C26H22N8S. The summed E-state index contributed by atoms with van der Waals surface area (Å²) in [5, 5.41) is 18.5. The van der Waals surface area contributed by atoms with Crippen LogP contribution >= 0.6 is 11.3 Å². The minimum atomic E-state index is -0.244. The van der Waals surface area contributed by atoms with Crippen molar-refractivity contribution in [2.45, 2.75) is 19.0 Å². The molecule has 0 aliphatic heterocycles. The van der Waals surface area contributed by atoms with Gasteiger partial charge in [0.05, 0.1) is 23.1 Å². The van der Waals surface area contributed by atoms with E-state index in [1.165, 1.54) is 4.88 Å². The minimum absolute atomic E-state index is 0.244. The fourth-order valence-electron chi connectivity index (χ4n) is 4.12. The summed E-state index contributed by atoms with van der Waals surface area (Å²) in [5.41, 5.74) is 5.90. The number of aromatic nitrogens is 7. The zero-order chi connectivity index (χ0) is 23.5. The molecule has 6 aromatic rings. The van der Waals surface area contributed by atoms with Crippen molar-refractivity contribution < 1.29 is 0 Å². The van der Waals surface area contributed by atoms with E-state index in [1.807, 2.05) is 35.0 Å². The lowest BCUT2D eigenvalue weighted by Gasteiger charge is -2.20. The number of anilines is 1. The number of pyridine rings is 1. The Hall–Kier alpha value is -4.37. The lowest BCUT2D eigenvalue weighted by molar-refractivity contribution is 0.559. The molecule has 0 fully saturated rings. The van der Waals surface area contributed by atoms with Crippen molar-refractivity contribution >= 4 is 28.1 Å². The third-order valence-corrected chi connectivity index (χ3v) is 6.84. The van der Waals surface area contributed by atoms with Gasteiger partial charge in [-0.15, -0.1) is 16.4 Å². The maximum absolute atomic E-state index is 4.47. The molecule has 0 spiro atoms. The summed E-state index contributed by atoms with van der Waals surface area (Å²) in [5.74, 6) is 0.761. The van der Waals surface area contributed by atoms with E-state index in [4.69, 9.17) is 0 Å². The first kappa shape index (κ1) is 21.2. The molecule has 35 heavy (non-hydrogen) atoms. The Morgan fingerprint density at radius 2 is 1.91 bits per heavy atom. The van der Waals surface area contributed by atoms with Crippen LogP contribution < -0.4 is 5.32 Å². The van der Waals surface area contributed by atoms with Crippen LogP contribution in [0.25, 0.3) is 22.3 Å². The molecule has 0 amide bonds. The number of aromatic amines is 1. The van der Waals surface area contributed by atoms with E-state index in [-0.39, 0.29) is 6.04 Å². The molecule has 4 heterocycles. The lowest BCUT2D eigenvalue weighted by Crippen LogP contribution is -2.19. The van der Waals surface area contributed by atoms with Crippen LogP contribution in [0.2, 0.25) is 0 Å². The lowest BCUT2D eigenvalue weighted by atomic mass is 10.0. The normalized spacial score (nSPS) is 12.1. The average Bonchev–Trinajstić information content (AvgIpc) is 3.68. The average molecular weight is 479 g/mol. The second-order valence-electron chi connectivity index (χ2n) is 8.14. The largest absolute Gasteiger partial charge is 0.371 e. The summed E-state index contributed by atoms with van der Waals surface area (Å²) < 4.78 is 1.89. The molecule has 9 heteroatoms. The fourth-order valence-corrected chi connectivity index (χ4v) is 4.82. The zero-order valence-corrected chi connectivity index (χ0v) is 19.6. The number of tetrazole rings is 1. The van der Waals surface area contributed by atoms with Crippen molar-refractivity contribution in [1.82, 2.24) is 35.2 Å². The van der Waals surface area contributed by atoms with Gasteiger partial charge < -0.3 is 10.3 Å².